The molecule has 0 aliphatic carbocycles. The summed E-state index contributed by atoms with van der Waals surface area (Å²) in [5.41, 5.74) is 6.81. The van der Waals surface area contributed by atoms with Gasteiger partial charge in [0.25, 0.3) is 5.69 Å². The van der Waals surface area contributed by atoms with Gasteiger partial charge in [-0.05, 0) is 25.2 Å². The van der Waals surface area contributed by atoms with Crippen LogP contribution in [0.1, 0.15) is 26.7 Å². The van der Waals surface area contributed by atoms with Crippen LogP contribution in [0.25, 0.3) is 0 Å². The first-order valence-corrected chi connectivity index (χ1v) is 7.53. The van der Waals surface area contributed by atoms with Gasteiger partial charge in [-0.25, -0.2) is 0 Å². The number of nitrogen functional groups attached to an aromatic ring is 1. The fourth-order valence-electron chi connectivity index (χ4n) is 1.97. The van der Waals surface area contributed by atoms with Crippen molar-refractivity contribution in [3.05, 3.63) is 28.3 Å². The lowest BCUT2D eigenvalue weighted by atomic mass is 10.0. The number of hydrogen-bond acceptors (Lipinski definition) is 5. The molecule has 1 rings (SSSR count). The number of hydrogen-bond donors (Lipinski definition) is 2. The summed E-state index contributed by atoms with van der Waals surface area (Å²) in [6.07, 6.45) is 4.18. The van der Waals surface area contributed by atoms with Gasteiger partial charge in [0.1, 0.15) is 0 Å². The number of nitrogens with zero attached hydrogens (tertiary/aromatic N) is 1. The summed E-state index contributed by atoms with van der Waals surface area (Å²) in [7, 11) is 0. The Morgan fingerprint density at radius 1 is 1.37 bits per heavy atom. The van der Waals surface area contributed by atoms with Gasteiger partial charge in [0.2, 0.25) is 0 Å². The molecule has 0 fully saturated rings. The molecule has 1 aromatic rings. The zero-order valence-electron chi connectivity index (χ0n) is 11.6. The predicted octanol–water partition coefficient (Wildman–Crippen LogP) is 3.51. The molecule has 0 saturated carbocycles. The first-order chi connectivity index (χ1) is 8.96. The number of nitro groups is 1. The molecule has 1 aromatic carbocycles. The summed E-state index contributed by atoms with van der Waals surface area (Å²) < 4.78 is 0.152. The summed E-state index contributed by atoms with van der Waals surface area (Å²) in [6, 6.07) is 4.61. The molecule has 0 atom stereocenters. The summed E-state index contributed by atoms with van der Waals surface area (Å²) in [5.74, 6) is 0. The van der Waals surface area contributed by atoms with Crippen molar-refractivity contribution in [3.63, 3.8) is 0 Å². The van der Waals surface area contributed by atoms with Gasteiger partial charge in [-0.15, -0.1) is 0 Å². The molecule has 5 nitrogen and oxygen atoms in total. The van der Waals surface area contributed by atoms with E-state index in [2.05, 4.69) is 25.4 Å². The number of nitrogens with one attached hydrogen (secondary N) is 1. The Hall–Kier alpha value is -1.43. The van der Waals surface area contributed by atoms with Gasteiger partial charge < -0.3 is 11.1 Å². The molecule has 0 amide bonds. The first kappa shape index (κ1) is 15.6. The maximum absolute atomic E-state index is 10.8. The van der Waals surface area contributed by atoms with E-state index in [-0.39, 0.29) is 10.4 Å². The van der Waals surface area contributed by atoms with Gasteiger partial charge in [0, 0.05) is 34.8 Å². The maximum Gasteiger partial charge on any atom is 0.273 e. The standard InChI is InChI=1S/C13H21N3O2S/c1-4-13(5-2,19-3)9-15-11-6-10(14)7-12(8-11)16(17)18/h6-8,15H,4-5,9,14H2,1-3H3. The average molecular weight is 283 g/mol. The number of thioether (sulfide) groups is 1. The van der Waals surface area contributed by atoms with Gasteiger partial charge in [0.15, 0.2) is 0 Å². The zero-order valence-corrected chi connectivity index (χ0v) is 12.4. The summed E-state index contributed by atoms with van der Waals surface area (Å²) in [4.78, 5) is 10.4. The Morgan fingerprint density at radius 3 is 2.47 bits per heavy atom. The lowest BCUT2D eigenvalue weighted by Crippen LogP contribution is -2.32. The van der Waals surface area contributed by atoms with E-state index < -0.39 is 4.92 Å². The minimum atomic E-state index is -0.428. The molecule has 0 radical (unpaired) electrons. The van der Waals surface area contributed by atoms with Crippen LogP contribution in [0.15, 0.2) is 18.2 Å². The number of anilines is 2. The quantitative estimate of drug-likeness (QED) is 0.454. The highest BCUT2D eigenvalue weighted by atomic mass is 32.2. The largest absolute Gasteiger partial charge is 0.398 e. The van der Waals surface area contributed by atoms with Crippen molar-refractivity contribution < 1.29 is 4.92 Å². The highest BCUT2D eigenvalue weighted by molar-refractivity contribution is 8.00. The Kier molecular flexibility index (Phi) is 5.47. The van der Waals surface area contributed by atoms with Crippen molar-refractivity contribution in [1.29, 1.82) is 0 Å². The summed E-state index contributed by atoms with van der Waals surface area (Å²) in [5, 5.41) is 14.1. The number of rotatable bonds is 7. The normalized spacial score (nSPS) is 11.3. The van der Waals surface area contributed by atoms with Gasteiger partial charge in [-0.2, -0.15) is 11.8 Å². The van der Waals surface area contributed by atoms with Crippen molar-refractivity contribution in [3.8, 4) is 0 Å². The molecule has 0 aromatic heterocycles. The second-order valence-electron chi connectivity index (χ2n) is 4.52. The Morgan fingerprint density at radius 2 is 2.00 bits per heavy atom. The Labute approximate surface area is 118 Å². The van der Waals surface area contributed by atoms with E-state index in [0.29, 0.717) is 11.4 Å². The Balaban J connectivity index is 2.85. The molecule has 0 heterocycles. The van der Waals surface area contributed by atoms with Crippen LogP contribution in [0.3, 0.4) is 0 Å². The van der Waals surface area contributed by atoms with Crippen molar-refractivity contribution >= 4 is 28.8 Å². The molecular weight excluding hydrogens is 262 g/mol. The van der Waals surface area contributed by atoms with Crippen LogP contribution >= 0.6 is 11.8 Å². The highest BCUT2D eigenvalue weighted by Crippen LogP contribution is 2.31. The molecule has 0 unspecified atom stereocenters. The van der Waals surface area contributed by atoms with Gasteiger partial charge >= 0.3 is 0 Å². The predicted molar refractivity (Wildman–Crippen MR) is 82.8 cm³/mol. The molecule has 6 heteroatoms. The zero-order chi connectivity index (χ0) is 14.5. The van der Waals surface area contributed by atoms with Crippen LogP contribution in [0.4, 0.5) is 17.1 Å². The second kappa shape index (κ2) is 6.65. The number of benzene rings is 1. The molecule has 106 valence electrons. The molecule has 3 N–H and O–H groups in total. The van der Waals surface area contributed by atoms with Crippen LogP contribution in [-0.2, 0) is 0 Å². The van der Waals surface area contributed by atoms with Crippen molar-refractivity contribution in [2.24, 2.45) is 0 Å². The van der Waals surface area contributed by atoms with Crippen LogP contribution in [0, 0.1) is 10.1 Å². The molecule has 0 bridgehead atoms. The fraction of sp³-hybridized carbons (Fsp3) is 0.538. The summed E-state index contributed by atoms with van der Waals surface area (Å²) >= 11 is 1.82. The van der Waals surface area contributed by atoms with E-state index in [0.717, 1.165) is 19.4 Å². The third-order valence-electron chi connectivity index (χ3n) is 3.49. The van der Waals surface area contributed by atoms with E-state index in [1.807, 2.05) is 11.8 Å². The molecule has 0 spiro atoms. The monoisotopic (exact) mass is 283 g/mol. The molecule has 0 aliphatic rings. The number of non-ortho nitro benzene ring substituents is 1. The van der Waals surface area contributed by atoms with Crippen LogP contribution in [0.2, 0.25) is 0 Å². The van der Waals surface area contributed by atoms with E-state index in [9.17, 15) is 10.1 Å². The Bertz CT molecular complexity index is 439. The summed E-state index contributed by atoms with van der Waals surface area (Å²) in [6.45, 7) is 5.08. The molecular formula is C13H21N3O2S. The minimum absolute atomic E-state index is 0.0187. The fourth-order valence-corrected chi connectivity index (χ4v) is 2.76. The van der Waals surface area contributed by atoms with Crippen LogP contribution in [-0.4, -0.2) is 22.5 Å². The van der Waals surface area contributed by atoms with Crippen molar-refractivity contribution in [2.45, 2.75) is 31.4 Å². The third kappa shape index (κ3) is 4.02. The van der Waals surface area contributed by atoms with Gasteiger partial charge in [0.05, 0.1) is 4.92 Å². The molecule has 0 aliphatic heterocycles. The van der Waals surface area contributed by atoms with Crippen LogP contribution < -0.4 is 11.1 Å². The highest BCUT2D eigenvalue weighted by Gasteiger charge is 2.24. The number of nitrogens with two attached hydrogens (primary N) is 1. The third-order valence-corrected chi connectivity index (χ3v) is 5.08. The average Bonchev–Trinajstić information content (AvgIpc) is 2.40. The van der Waals surface area contributed by atoms with Gasteiger partial charge in [-0.1, -0.05) is 13.8 Å². The minimum Gasteiger partial charge on any atom is -0.398 e. The lowest BCUT2D eigenvalue weighted by molar-refractivity contribution is -0.384. The maximum atomic E-state index is 10.8. The van der Waals surface area contributed by atoms with Crippen molar-refractivity contribution in [1.82, 2.24) is 0 Å². The molecule has 19 heavy (non-hydrogen) atoms. The smallest absolute Gasteiger partial charge is 0.273 e. The lowest BCUT2D eigenvalue weighted by Gasteiger charge is -2.30. The van der Waals surface area contributed by atoms with E-state index >= 15 is 0 Å². The SMILES string of the molecule is CCC(CC)(CNc1cc(N)cc([N+](=O)[O-])c1)SC. The second-order valence-corrected chi connectivity index (χ2v) is 5.79. The molecule has 0 saturated heterocycles. The number of nitro benzene ring substituents is 1. The first-order valence-electron chi connectivity index (χ1n) is 6.30. The van der Waals surface area contributed by atoms with E-state index in [1.165, 1.54) is 12.1 Å². The van der Waals surface area contributed by atoms with Crippen molar-refractivity contribution in [2.75, 3.05) is 23.9 Å². The van der Waals surface area contributed by atoms with Gasteiger partial charge in [-0.3, -0.25) is 10.1 Å². The topological polar surface area (TPSA) is 81.2 Å². The van der Waals surface area contributed by atoms with E-state index in [4.69, 9.17) is 5.73 Å². The van der Waals surface area contributed by atoms with Crippen LogP contribution in [0.5, 0.6) is 0 Å². The van der Waals surface area contributed by atoms with E-state index in [1.54, 1.807) is 6.07 Å².